The summed E-state index contributed by atoms with van der Waals surface area (Å²) in [6.45, 7) is 4.54. The zero-order valence-electron chi connectivity index (χ0n) is 16.4. The quantitative estimate of drug-likeness (QED) is 0.688. The molecule has 2 aromatic heterocycles. The van der Waals surface area contributed by atoms with E-state index in [0.29, 0.717) is 36.5 Å². The largest absolute Gasteiger partial charge is 0.449 e. The molecule has 2 amide bonds. The lowest BCUT2D eigenvalue weighted by Gasteiger charge is -2.25. The summed E-state index contributed by atoms with van der Waals surface area (Å²) in [5.74, 6) is 0.0504. The number of aromatic nitrogens is 1. The molecule has 0 saturated carbocycles. The Labute approximate surface area is 173 Å². The highest BCUT2D eigenvalue weighted by atomic mass is 35.5. The van der Waals surface area contributed by atoms with E-state index in [2.05, 4.69) is 10.3 Å². The Morgan fingerprint density at radius 2 is 2.17 bits per heavy atom. The molecule has 0 unspecified atom stereocenters. The Kier molecular flexibility index (Phi) is 5.28. The Morgan fingerprint density at radius 3 is 2.86 bits per heavy atom. The minimum absolute atomic E-state index is 0.0161. The van der Waals surface area contributed by atoms with Gasteiger partial charge in [-0.3, -0.25) is 14.6 Å². The third-order valence-corrected chi connectivity index (χ3v) is 5.50. The van der Waals surface area contributed by atoms with Crippen LogP contribution in [0.3, 0.4) is 0 Å². The summed E-state index contributed by atoms with van der Waals surface area (Å²) in [7, 11) is 0. The van der Waals surface area contributed by atoms with Crippen LogP contribution in [-0.2, 0) is 11.3 Å². The van der Waals surface area contributed by atoms with Gasteiger partial charge in [-0.05, 0) is 50.1 Å². The van der Waals surface area contributed by atoms with Crippen molar-refractivity contribution in [1.29, 1.82) is 0 Å². The fourth-order valence-corrected chi connectivity index (χ4v) is 4.06. The Bertz CT molecular complexity index is 1080. The van der Waals surface area contributed by atoms with E-state index in [-0.39, 0.29) is 23.6 Å². The van der Waals surface area contributed by atoms with Crippen molar-refractivity contribution in [2.75, 3.05) is 6.54 Å². The van der Waals surface area contributed by atoms with Gasteiger partial charge in [-0.1, -0.05) is 17.7 Å². The van der Waals surface area contributed by atoms with E-state index >= 15 is 0 Å². The molecular weight excluding hydrogens is 390 g/mol. The van der Waals surface area contributed by atoms with Gasteiger partial charge in [-0.15, -0.1) is 0 Å². The normalized spacial score (nSPS) is 16.2. The molecule has 1 aromatic carbocycles. The third-order valence-electron chi connectivity index (χ3n) is 5.22. The van der Waals surface area contributed by atoms with E-state index < -0.39 is 0 Å². The number of aryl methyl sites for hydroxylation is 2. The van der Waals surface area contributed by atoms with E-state index in [1.807, 2.05) is 44.2 Å². The van der Waals surface area contributed by atoms with Crippen LogP contribution in [0.1, 0.15) is 40.2 Å². The SMILES string of the molecule is Cc1cc(Cl)c2oc(C(=O)N(Cc3ccccn3)C[C@@H]3CCC(=O)N3)c(C)c2c1. The molecule has 7 heteroatoms. The predicted molar refractivity (Wildman–Crippen MR) is 111 cm³/mol. The van der Waals surface area contributed by atoms with Crippen molar-refractivity contribution >= 4 is 34.4 Å². The zero-order chi connectivity index (χ0) is 20.5. The molecule has 3 heterocycles. The van der Waals surface area contributed by atoms with Crippen LogP contribution >= 0.6 is 11.6 Å². The van der Waals surface area contributed by atoms with Gasteiger partial charge in [0.1, 0.15) is 0 Å². The molecule has 1 N–H and O–H groups in total. The highest BCUT2D eigenvalue weighted by molar-refractivity contribution is 6.35. The first-order valence-electron chi connectivity index (χ1n) is 9.60. The average Bonchev–Trinajstić information content (AvgIpc) is 3.25. The molecule has 1 aliphatic rings. The first kappa shape index (κ1) is 19.5. The van der Waals surface area contributed by atoms with E-state index in [1.165, 1.54) is 0 Å². The number of halogens is 1. The summed E-state index contributed by atoms with van der Waals surface area (Å²) in [5, 5.41) is 4.26. The summed E-state index contributed by atoms with van der Waals surface area (Å²) in [6, 6.07) is 9.31. The van der Waals surface area contributed by atoms with Gasteiger partial charge in [0.2, 0.25) is 5.91 Å². The molecule has 4 rings (SSSR count). The highest BCUT2D eigenvalue weighted by Crippen LogP contribution is 2.33. The van der Waals surface area contributed by atoms with Crippen molar-refractivity contribution in [3.63, 3.8) is 0 Å². The van der Waals surface area contributed by atoms with E-state index in [0.717, 1.165) is 22.2 Å². The predicted octanol–water partition coefficient (Wildman–Crippen LogP) is 4.02. The lowest BCUT2D eigenvalue weighted by Crippen LogP contribution is -2.41. The number of carbonyl (C=O) groups is 2. The third kappa shape index (κ3) is 3.98. The van der Waals surface area contributed by atoms with Crippen LogP contribution in [-0.4, -0.2) is 34.3 Å². The zero-order valence-corrected chi connectivity index (χ0v) is 17.1. The van der Waals surface area contributed by atoms with Crippen LogP contribution < -0.4 is 5.32 Å². The Balaban J connectivity index is 1.68. The van der Waals surface area contributed by atoms with E-state index in [1.54, 1.807) is 11.1 Å². The van der Waals surface area contributed by atoms with Gasteiger partial charge in [-0.25, -0.2) is 0 Å². The van der Waals surface area contributed by atoms with Gasteiger partial charge in [0.15, 0.2) is 11.3 Å². The number of amides is 2. The monoisotopic (exact) mass is 411 g/mol. The average molecular weight is 412 g/mol. The molecule has 1 aliphatic heterocycles. The van der Waals surface area contributed by atoms with Crippen LogP contribution in [0.2, 0.25) is 5.02 Å². The summed E-state index contributed by atoms with van der Waals surface area (Å²) in [5.41, 5.74) is 3.05. The second-order valence-corrected chi connectivity index (χ2v) is 7.90. The fraction of sp³-hybridized carbons (Fsp3) is 0.318. The molecule has 0 aliphatic carbocycles. The lowest BCUT2D eigenvalue weighted by molar-refractivity contribution is -0.119. The number of benzene rings is 1. The first-order chi connectivity index (χ1) is 13.9. The van der Waals surface area contributed by atoms with E-state index in [9.17, 15) is 9.59 Å². The number of nitrogens with one attached hydrogen (secondary N) is 1. The van der Waals surface area contributed by atoms with Gasteiger partial charge >= 0.3 is 0 Å². The second kappa shape index (κ2) is 7.87. The van der Waals surface area contributed by atoms with Gasteiger partial charge in [0.25, 0.3) is 5.91 Å². The van der Waals surface area contributed by atoms with Crippen molar-refractivity contribution in [3.8, 4) is 0 Å². The first-order valence-corrected chi connectivity index (χ1v) is 9.98. The van der Waals surface area contributed by atoms with Crippen LogP contribution in [0.15, 0.2) is 40.9 Å². The minimum atomic E-state index is -0.237. The molecule has 0 bridgehead atoms. The molecule has 6 nitrogen and oxygen atoms in total. The van der Waals surface area contributed by atoms with Crippen molar-refractivity contribution in [1.82, 2.24) is 15.2 Å². The van der Waals surface area contributed by atoms with Crippen LogP contribution in [0, 0.1) is 13.8 Å². The number of nitrogens with zero attached hydrogens (tertiary/aromatic N) is 2. The van der Waals surface area contributed by atoms with Gasteiger partial charge < -0.3 is 14.6 Å². The smallest absolute Gasteiger partial charge is 0.290 e. The summed E-state index contributed by atoms with van der Waals surface area (Å²) in [4.78, 5) is 31.1. The molecular formula is C22H22ClN3O3. The molecule has 29 heavy (non-hydrogen) atoms. The Morgan fingerprint density at radius 1 is 1.34 bits per heavy atom. The number of hydrogen-bond acceptors (Lipinski definition) is 4. The van der Waals surface area contributed by atoms with Crippen molar-refractivity contribution in [3.05, 3.63) is 64.1 Å². The van der Waals surface area contributed by atoms with Crippen molar-refractivity contribution in [2.45, 2.75) is 39.3 Å². The molecule has 0 spiro atoms. The summed E-state index contributed by atoms with van der Waals surface area (Å²) < 4.78 is 5.92. The maximum Gasteiger partial charge on any atom is 0.290 e. The molecule has 3 aromatic rings. The van der Waals surface area contributed by atoms with Gasteiger partial charge in [0.05, 0.1) is 17.3 Å². The van der Waals surface area contributed by atoms with Crippen LogP contribution in [0.5, 0.6) is 0 Å². The lowest BCUT2D eigenvalue weighted by atomic mass is 10.1. The summed E-state index contributed by atoms with van der Waals surface area (Å²) >= 11 is 6.34. The maximum atomic E-state index is 13.5. The van der Waals surface area contributed by atoms with E-state index in [4.69, 9.17) is 16.0 Å². The Hall–Kier alpha value is -2.86. The number of rotatable bonds is 5. The molecule has 0 radical (unpaired) electrons. The number of furan rings is 1. The minimum Gasteiger partial charge on any atom is -0.449 e. The number of pyridine rings is 1. The van der Waals surface area contributed by atoms with Crippen molar-refractivity contribution < 1.29 is 14.0 Å². The number of fused-ring (bicyclic) bond motifs is 1. The standard InChI is InChI=1S/C22H22ClN3O3/c1-13-9-17-14(2)20(29-21(17)18(23)10-13)22(28)26(11-15-5-3-4-8-24-15)12-16-6-7-19(27)25-16/h3-5,8-10,16H,6-7,11-12H2,1-2H3,(H,25,27)/t16-/m0/s1. The number of carbonyl (C=O) groups excluding carboxylic acids is 2. The van der Waals surface area contributed by atoms with Gasteiger partial charge in [-0.2, -0.15) is 0 Å². The van der Waals surface area contributed by atoms with Crippen molar-refractivity contribution in [2.24, 2.45) is 0 Å². The number of hydrogen-bond donors (Lipinski definition) is 1. The fourth-order valence-electron chi connectivity index (χ4n) is 3.75. The maximum absolute atomic E-state index is 13.5. The molecule has 1 saturated heterocycles. The van der Waals surface area contributed by atoms with Crippen LogP contribution in [0.4, 0.5) is 0 Å². The van der Waals surface area contributed by atoms with Gasteiger partial charge in [0, 0.05) is 36.2 Å². The molecule has 1 fully saturated rings. The topological polar surface area (TPSA) is 75.4 Å². The highest BCUT2D eigenvalue weighted by Gasteiger charge is 2.29. The summed E-state index contributed by atoms with van der Waals surface area (Å²) in [6.07, 6.45) is 2.88. The molecule has 1 atom stereocenters. The van der Waals surface area contributed by atoms with Crippen LogP contribution in [0.25, 0.3) is 11.0 Å². The molecule has 150 valence electrons. The second-order valence-electron chi connectivity index (χ2n) is 7.49.